The lowest BCUT2D eigenvalue weighted by Gasteiger charge is -2.55. The van der Waals surface area contributed by atoms with Gasteiger partial charge in [-0.2, -0.15) is 0 Å². The second-order valence-corrected chi connectivity index (χ2v) is 9.18. The molecule has 0 spiro atoms. The lowest BCUT2D eigenvalue weighted by atomic mass is 9.48. The van der Waals surface area contributed by atoms with E-state index in [9.17, 15) is 9.59 Å². The van der Waals surface area contributed by atoms with E-state index in [1.165, 1.54) is 11.6 Å². The summed E-state index contributed by atoms with van der Waals surface area (Å²) >= 11 is 0. The van der Waals surface area contributed by atoms with Crippen LogP contribution in [0.5, 0.6) is 5.75 Å². The maximum atomic E-state index is 12.6. The van der Waals surface area contributed by atoms with Crippen molar-refractivity contribution in [2.75, 3.05) is 6.61 Å². The zero-order valence-electron chi connectivity index (χ0n) is 17.1. The number of allylic oxidation sites excluding steroid dienone is 1. The molecule has 148 valence electrons. The van der Waals surface area contributed by atoms with Crippen LogP contribution >= 0.6 is 0 Å². The van der Waals surface area contributed by atoms with E-state index in [4.69, 9.17) is 9.15 Å². The molecule has 2 aliphatic carbocycles. The molecular weight excluding hydrogens is 352 g/mol. The Morgan fingerprint density at radius 1 is 1.14 bits per heavy atom. The quantitative estimate of drug-likeness (QED) is 0.546. The fourth-order valence-electron chi connectivity index (χ4n) is 5.52. The van der Waals surface area contributed by atoms with Gasteiger partial charge in [0.2, 0.25) is 0 Å². The van der Waals surface area contributed by atoms with Gasteiger partial charge in [0.05, 0.1) is 6.61 Å². The fourth-order valence-corrected chi connectivity index (χ4v) is 5.52. The summed E-state index contributed by atoms with van der Waals surface area (Å²) < 4.78 is 11.6. The normalized spacial score (nSPS) is 29.3. The second-order valence-electron chi connectivity index (χ2n) is 9.18. The minimum absolute atomic E-state index is 0.0155. The van der Waals surface area contributed by atoms with Crippen LogP contribution in [0.25, 0.3) is 11.0 Å². The molecule has 1 saturated carbocycles. The molecular formula is C24H28O4. The number of ether oxygens (including phenoxy) is 1. The summed E-state index contributed by atoms with van der Waals surface area (Å²) in [5.74, 6) is 1.51. The smallest absolute Gasteiger partial charge is 0.336 e. The first-order valence-corrected chi connectivity index (χ1v) is 10.1. The van der Waals surface area contributed by atoms with Crippen molar-refractivity contribution >= 4 is 16.8 Å². The van der Waals surface area contributed by atoms with Crippen molar-refractivity contribution in [3.05, 3.63) is 52.4 Å². The van der Waals surface area contributed by atoms with Crippen LogP contribution < -0.4 is 10.4 Å². The van der Waals surface area contributed by atoms with Crippen molar-refractivity contribution in [1.82, 2.24) is 0 Å². The molecule has 28 heavy (non-hydrogen) atoms. The highest BCUT2D eigenvalue weighted by molar-refractivity contribution is 5.85. The molecule has 2 aliphatic rings. The van der Waals surface area contributed by atoms with Crippen molar-refractivity contribution in [3.8, 4) is 5.75 Å². The molecule has 2 aromatic rings. The van der Waals surface area contributed by atoms with Crippen LogP contribution in [-0.4, -0.2) is 12.4 Å². The van der Waals surface area contributed by atoms with Crippen LogP contribution in [0.2, 0.25) is 0 Å². The summed E-state index contributed by atoms with van der Waals surface area (Å²) in [6.07, 6.45) is 4.75. The molecule has 0 N–H and O–H groups in total. The molecule has 0 aliphatic heterocycles. The Labute approximate surface area is 165 Å². The lowest BCUT2D eigenvalue weighted by molar-refractivity contribution is -0.143. The third-order valence-electron chi connectivity index (χ3n) is 7.31. The first-order chi connectivity index (χ1) is 13.2. The van der Waals surface area contributed by atoms with E-state index < -0.39 is 0 Å². The molecule has 1 fully saturated rings. The van der Waals surface area contributed by atoms with E-state index >= 15 is 0 Å². The topological polar surface area (TPSA) is 56.5 Å². The number of fused-ring (bicyclic) bond motifs is 2. The largest absolute Gasteiger partial charge is 0.489 e. The Hall–Kier alpha value is -2.36. The molecule has 1 aromatic heterocycles. The van der Waals surface area contributed by atoms with Crippen LogP contribution in [0.4, 0.5) is 0 Å². The summed E-state index contributed by atoms with van der Waals surface area (Å²) in [6.45, 7) is 9.20. The maximum absolute atomic E-state index is 12.6. The molecule has 4 rings (SSSR count). The van der Waals surface area contributed by atoms with E-state index in [1.807, 2.05) is 18.2 Å². The third-order valence-corrected chi connectivity index (χ3v) is 7.31. The minimum Gasteiger partial charge on any atom is -0.489 e. The van der Waals surface area contributed by atoms with Crippen molar-refractivity contribution in [2.45, 2.75) is 47.0 Å². The highest BCUT2D eigenvalue weighted by atomic mass is 16.5. The summed E-state index contributed by atoms with van der Waals surface area (Å²) in [5.41, 5.74) is 1.15. The minimum atomic E-state index is -0.378. The Morgan fingerprint density at radius 2 is 1.93 bits per heavy atom. The van der Waals surface area contributed by atoms with E-state index in [2.05, 4.69) is 33.8 Å². The maximum Gasteiger partial charge on any atom is 0.336 e. The average molecular weight is 380 g/mol. The van der Waals surface area contributed by atoms with Gasteiger partial charge in [-0.25, -0.2) is 4.79 Å². The molecule has 1 heterocycles. The second kappa shape index (κ2) is 6.61. The molecule has 0 radical (unpaired) electrons. The molecule has 1 aromatic carbocycles. The molecule has 3 unspecified atom stereocenters. The monoisotopic (exact) mass is 380 g/mol. The standard InChI is InChI=1S/C24H28O4/c1-15-8-10-19-23(2,3)20(25)12-13-24(19,4)17(15)14-27-18-7-5-6-16-9-11-21(26)28-22(16)18/h5-9,11,17,19H,10,12-14H2,1-4H3. The molecule has 4 nitrogen and oxygen atoms in total. The van der Waals surface area contributed by atoms with Crippen molar-refractivity contribution in [2.24, 2.45) is 22.7 Å². The predicted octanol–water partition coefficient (Wildman–Crippen LogP) is 5.15. The lowest BCUT2D eigenvalue weighted by Crippen LogP contribution is -2.53. The molecule has 0 amide bonds. The third kappa shape index (κ3) is 2.90. The Balaban J connectivity index is 1.65. The number of benzene rings is 1. The highest BCUT2D eigenvalue weighted by Gasteiger charge is 2.55. The number of hydrogen-bond acceptors (Lipinski definition) is 4. The molecule has 0 bridgehead atoms. The number of carbonyl (C=O) groups is 1. The van der Waals surface area contributed by atoms with Gasteiger partial charge in [-0.15, -0.1) is 0 Å². The average Bonchev–Trinajstić information content (AvgIpc) is 2.65. The highest BCUT2D eigenvalue weighted by Crippen LogP contribution is 2.58. The van der Waals surface area contributed by atoms with Gasteiger partial charge in [0.25, 0.3) is 0 Å². The SMILES string of the molecule is CC1=CCC2C(C)(C)C(=O)CCC2(C)C1COc1cccc2ccc(=O)oc12. The first-order valence-electron chi connectivity index (χ1n) is 10.1. The summed E-state index contributed by atoms with van der Waals surface area (Å²) in [5, 5.41) is 0.849. The zero-order valence-corrected chi connectivity index (χ0v) is 17.1. The van der Waals surface area contributed by atoms with Crippen molar-refractivity contribution < 1.29 is 13.9 Å². The fraction of sp³-hybridized carbons (Fsp3) is 0.500. The Morgan fingerprint density at radius 3 is 2.71 bits per heavy atom. The Bertz CT molecular complexity index is 1010. The number of hydrogen-bond donors (Lipinski definition) is 0. The summed E-state index contributed by atoms with van der Waals surface area (Å²) in [6, 6.07) is 8.85. The van der Waals surface area contributed by atoms with Gasteiger partial charge in [0, 0.05) is 29.2 Å². The van der Waals surface area contributed by atoms with Gasteiger partial charge < -0.3 is 9.15 Å². The van der Waals surface area contributed by atoms with Crippen LogP contribution in [0.3, 0.4) is 0 Å². The van der Waals surface area contributed by atoms with Gasteiger partial charge >= 0.3 is 5.63 Å². The van der Waals surface area contributed by atoms with E-state index in [-0.39, 0.29) is 22.4 Å². The van der Waals surface area contributed by atoms with Crippen LogP contribution in [0.15, 0.2) is 51.2 Å². The van der Waals surface area contributed by atoms with Crippen molar-refractivity contribution in [3.63, 3.8) is 0 Å². The Kier molecular flexibility index (Phi) is 4.48. The summed E-state index contributed by atoms with van der Waals surface area (Å²) in [4.78, 5) is 24.2. The van der Waals surface area contributed by atoms with E-state index in [0.29, 0.717) is 36.1 Å². The first kappa shape index (κ1) is 19.0. The summed E-state index contributed by atoms with van der Waals surface area (Å²) in [7, 11) is 0. The van der Waals surface area contributed by atoms with Crippen LogP contribution in [-0.2, 0) is 4.79 Å². The number of ketones is 1. The van der Waals surface area contributed by atoms with E-state index in [0.717, 1.165) is 18.2 Å². The van der Waals surface area contributed by atoms with Crippen LogP contribution in [0.1, 0.15) is 47.0 Å². The molecule has 3 atom stereocenters. The van der Waals surface area contributed by atoms with Gasteiger partial charge in [-0.05, 0) is 43.2 Å². The van der Waals surface area contributed by atoms with Crippen LogP contribution in [0, 0.1) is 22.7 Å². The van der Waals surface area contributed by atoms with Gasteiger partial charge in [0.1, 0.15) is 5.78 Å². The molecule has 0 saturated heterocycles. The number of rotatable bonds is 3. The predicted molar refractivity (Wildman–Crippen MR) is 109 cm³/mol. The molecule has 4 heteroatoms. The van der Waals surface area contributed by atoms with Gasteiger partial charge in [-0.3, -0.25) is 4.79 Å². The van der Waals surface area contributed by atoms with Gasteiger partial charge in [-0.1, -0.05) is 44.6 Å². The van der Waals surface area contributed by atoms with Gasteiger partial charge in [0.15, 0.2) is 11.3 Å². The number of Topliss-reactive ketones (excluding diaryl/α,β-unsaturated/α-hetero) is 1. The number of para-hydroxylation sites is 1. The van der Waals surface area contributed by atoms with Crippen molar-refractivity contribution in [1.29, 1.82) is 0 Å². The zero-order chi connectivity index (χ0) is 20.1. The van der Waals surface area contributed by atoms with E-state index in [1.54, 1.807) is 6.07 Å². The number of carbonyl (C=O) groups excluding carboxylic acids is 1.